The van der Waals surface area contributed by atoms with E-state index in [4.69, 9.17) is 4.52 Å². The molecule has 4 heteroatoms. The molecule has 0 saturated carbocycles. The van der Waals surface area contributed by atoms with E-state index in [1.54, 1.807) is 0 Å². The lowest BCUT2D eigenvalue weighted by Gasteiger charge is -2.11. The minimum absolute atomic E-state index is 0.0628. The molecule has 0 unspecified atom stereocenters. The highest BCUT2D eigenvalue weighted by Gasteiger charge is 2.09. The van der Waals surface area contributed by atoms with E-state index < -0.39 is 0 Å². The molecule has 0 saturated heterocycles. The molecule has 1 N–H and O–H groups in total. The predicted molar refractivity (Wildman–Crippen MR) is 90.9 cm³/mol. The van der Waals surface area contributed by atoms with Crippen molar-refractivity contribution in [2.24, 2.45) is 0 Å². The minimum Gasteiger partial charge on any atom is -0.343 e. The SMILES string of the molecule is Cc1cc(C)cc(-c2ccc(CN[C@H](C)c3ncon3)cc2)c1. The van der Waals surface area contributed by atoms with E-state index in [1.165, 1.54) is 34.2 Å². The zero-order chi connectivity index (χ0) is 16.2. The normalized spacial score (nSPS) is 12.3. The molecule has 1 aromatic heterocycles. The van der Waals surface area contributed by atoms with Gasteiger partial charge in [-0.25, -0.2) is 0 Å². The van der Waals surface area contributed by atoms with Crippen molar-refractivity contribution in [3.8, 4) is 11.1 Å². The number of nitrogens with one attached hydrogen (secondary N) is 1. The second kappa shape index (κ2) is 6.75. The second-order valence-electron chi connectivity index (χ2n) is 5.97. The van der Waals surface area contributed by atoms with Crippen LogP contribution in [-0.4, -0.2) is 10.1 Å². The topological polar surface area (TPSA) is 51.0 Å². The van der Waals surface area contributed by atoms with Gasteiger partial charge in [0, 0.05) is 6.54 Å². The first-order valence-corrected chi connectivity index (χ1v) is 7.79. The molecule has 23 heavy (non-hydrogen) atoms. The van der Waals surface area contributed by atoms with Gasteiger partial charge in [-0.2, -0.15) is 4.98 Å². The third kappa shape index (κ3) is 3.85. The number of nitrogens with zero attached hydrogens (tertiary/aromatic N) is 2. The fourth-order valence-electron chi connectivity index (χ4n) is 2.69. The zero-order valence-corrected chi connectivity index (χ0v) is 13.7. The van der Waals surface area contributed by atoms with Crippen molar-refractivity contribution in [1.82, 2.24) is 15.5 Å². The summed E-state index contributed by atoms with van der Waals surface area (Å²) >= 11 is 0. The summed E-state index contributed by atoms with van der Waals surface area (Å²) in [5.41, 5.74) is 6.32. The number of hydrogen-bond donors (Lipinski definition) is 1. The molecule has 0 radical (unpaired) electrons. The maximum absolute atomic E-state index is 4.77. The van der Waals surface area contributed by atoms with Crippen molar-refractivity contribution >= 4 is 0 Å². The number of aromatic nitrogens is 2. The fourth-order valence-corrected chi connectivity index (χ4v) is 2.69. The lowest BCUT2D eigenvalue weighted by molar-refractivity contribution is 0.398. The highest BCUT2D eigenvalue weighted by molar-refractivity contribution is 5.65. The molecule has 3 rings (SSSR count). The number of benzene rings is 2. The number of aryl methyl sites for hydroxylation is 2. The standard InChI is InChI=1S/C19H21N3O/c1-13-8-14(2)10-18(9-13)17-6-4-16(5-7-17)11-20-15(3)19-21-12-23-22-19/h4-10,12,15,20H,11H2,1-3H3/t15-/m1/s1. The van der Waals surface area contributed by atoms with E-state index >= 15 is 0 Å². The molecule has 3 aromatic rings. The smallest absolute Gasteiger partial charge is 0.213 e. The van der Waals surface area contributed by atoms with E-state index in [1.807, 2.05) is 6.92 Å². The van der Waals surface area contributed by atoms with Gasteiger partial charge >= 0.3 is 0 Å². The molecule has 0 bridgehead atoms. The van der Waals surface area contributed by atoms with Crippen LogP contribution in [0.15, 0.2) is 53.4 Å². The van der Waals surface area contributed by atoms with E-state index in [9.17, 15) is 0 Å². The molecule has 0 fully saturated rings. The Morgan fingerprint density at radius 2 is 1.70 bits per heavy atom. The lowest BCUT2D eigenvalue weighted by atomic mass is 10.00. The average molecular weight is 307 g/mol. The molecule has 0 spiro atoms. The van der Waals surface area contributed by atoms with Gasteiger partial charge in [0.25, 0.3) is 0 Å². The summed E-state index contributed by atoms with van der Waals surface area (Å²) in [4.78, 5) is 4.06. The van der Waals surface area contributed by atoms with E-state index in [2.05, 4.69) is 71.8 Å². The summed E-state index contributed by atoms with van der Waals surface area (Å²) < 4.78 is 4.77. The van der Waals surface area contributed by atoms with Crippen LogP contribution >= 0.6 is 0 Å². The first-order valence-electron chi connectivity index (χ1n) is 7.79. The Hall–Kier alpha value is -2.46. The maximum atomic E-state index is 4.77. The van der Waals surface area contributed by atoms with Crippen LogP contribution in [0.2, 0.25) is 0 Å². The van der Waals surface area contributed by atoms with Crippen LogP contribution in [0, 0.1) is 13.8 Å². The van der Waals surface area contributed by atoms with Crippen molar-refractivity contribution < 1.29 is 4.52 Å². The maximum Gasteiger partial charge on any atom is 0.213 e. The Balaban J connectivity index is 1.67. The molecule has 0 aliphatic heterocycles. The van der Waals surface area contributed by atoms with Crippen molar-refractivity contribution in [3.63, 3.8) is 0 Å². The molecule has 2 aromatic carbocycles. The Kier molecular flexibility index (Phi) is 4.53. The molecule has 4 nitrogen and oxygen atoms in total. The van der Waals surface area contributed by atoms with Crippen molar-refractivity contribution in [2.75, 3.05) is 0 Å². The van der Waals surface area contributed by atoms with Gasteiger partial charge in [-0.15, -0.1) is 0 Å². The van der Waals surface area contributed by atoms with Gasteiger partial charge in [-0.05, 0) is 37.5 Å². The molecule has 118 valence electrons. The number of rotatable bonds is 5. The quantitative estimate of drug-likeness (QED) is 0.767. The van der Waals surface area contributed by atoms with Crippen LogP contribution in [0.1, 0.15) is 35.5 Å². The van der Waals surface area contributed by atoms with Crippen LogP contribution < -0.4 is 5.32 Å². The van der Waals surface area contributed by atoms with Gasteiger partial charge in [0.05, 0.1) is 6.04 Å². The van der Waals surface area contributed by atoms with Gasteiger partial charge in [-0.3, -0.25) is 0 Å². The molecule has 1 heterocycles. The van der Waals surface area contributed by atoms with Gasteiger partial charge in [0.2, 0.25) is 6.39 Å². The third-order valence-electron chi connectivity index (χ3n) is 3.89. The average Bonchev–Trinajstić information content (AvgIpc) is 3.07. The Labute approximate surface area is 136 Å². The first-order chi connectivity index (χ1) is 11.1. The second-order valence-corrected chi connectivity index (χ2v) is 5.97. The lowest BCUT2D eigenvalue weighted by Crippen LogP contribution is -2.19. The predicted octanol–water partition coefficient (Wildman–Crippen LogP) is 4.20. The molecular formula is C19H21N3O. The Bertz CT molecular complexity index is 744. The highest BCUT2D eigenvalue weighted by Crippen LogP contribution is 2.22. The molecule has 1 atom stereocenters. The van der Waals surface area contributed by atoms with Crippen molar-refractivity contribution in [2.45, 2.75) is 33.4 Å². The van der Waals surface area contributed by atoms with E-state index in [-0.39, 0.29) is 6.04 Å². The fraction of sp³-hybridized carbons (Fsp3) is 0.263. The molecule has 0 amide bonds. The van der Waals surface area contributed by atoms with Gasteiger partial charge in [0.15, 0.2) is 5.82 Å². The van der Waals surface area contributed by atoms with Crippen LogP contribution in [0.4, 0.5) is 0 Å². The molecule has 0 aliphatic rings. The number of hydrogen-bond acceptors (Lipinski definition) is 4. The van der Waals surface area contributed by atoms with E-state index in [0.29, 0.717) is 5.82 Å². The van der Waals surface area contributed by atoms with Crippen LogP contribution in [0.3, 0.4) is 0 Å². The van der Waals surface area contributed by atoms with Crippen molar-refractivity contribution in [1.29, 1.82) is 0 Å². The molecular weight excluding hydrogens is 286 g/mol. The Morgan fingerprint density at radius 3 is 2.30 bits per heavy atom. The molecule has 0 aliphatic carbocycles. The summed E-state index contributed by atoms with van der Waals surface area (Å²) in [6.45, 7) is 7.06. The highest BCUT2D eigenvalue weighted by atomic mass is 16.5. The van der Waals surface area contributed by atoms with Gasteiger partial charge in [0.1, 0.15) is 0 Å². The Morgan fingerprint density at radius 1 is 1.00 bits per heavy atom. The summed E-state index contributed by atoms with van der Waals surface area (Å²) in [5, 5.41) is 7.24. The summed E-state index contributed by atoms with van der Waals surface area (Å²) in [5.74, 6) is 0.678. The third-order valence-corrected chi connectivity index (χ3v) is 3.89. The summed E-state index contributed by atoms with van der Waals surface area (Å²) in [6, 6.07) is 15.4. The minimum atomic E-state index is 0.0628. The van der Waals surface area contributed by atoms with E-state index in [0.717, 1.165) is 6.54 Å². The van der Waals surface area contributed by atoms with Crippen LogP contribution in [-0.2, 0) is 6.54 Å². The zero-order valence-electron chi connectivity index (χ0n) is 13.7. The van der Waals surface area contributed by atoms with Gasteiger partial charge < -0.3 is 9.84 Å². The largest absolute Gasteiger partial charge is 0.343 e. The monoisotopic (exact) mass is 307 g/mol. The van der Waals surface area contributed by atoms with Crippen LogP contribution in [0.25, 0.3) is 11.1 Å². The first kappa shape index (κ1) is 15.4. The van der Waals surface area contributed by atoms with Gasteiger partial charge in [-0.1, -0.05) is 58.7 Å². The van der Waals surface area contributed by atoms with Crippen molar-refractivity contribution in [3.05, 3.63) is 71.4 Å². The van der Waals surface area contributed by atoms with Crippen LogP contribution in [0.5, 0.6) is 0 Å². The summed E-state index contributed by atoms with van der Waals surface area (Å²) in [7, 11) is 0. The summed E-state index contributed by atoms with van der Waals surface area (Å²) in [6.07, 6.45) is 1.35.